The van der Waals surface area contributed by atoms with Gasteiger partial charge < -0.3 is 10.1 Å². The second-order valence-electron chi connectivity index (χ2n) is 5.43. The van der Waals surface area contributed by atoms with E-state index in [-0.39, 0.29) is 10.9 Å². The molecule has 7 heteroatoms. The number of rotatable bonds is 4. The molecule has 2 aromatic rings. The normalized spacial score (nSPS) is 18.9. The summed E-state index contributed by atoms with van der Waals surface area (Å²) in [6.45, 7) is 1.37. The molecule has 1 aromatic heterocycles. The summed E-state index contributed by atoms with van der Waals surface area (Å²) in [6, 6.07) is 3.23. The van der Waals surface area contributed by atoms with Crippen LogP contribution in [0.5, 0.6) is 5.75 Å². The maximum Gasteiger partial charge on any atom is 0.191 e. The third kappa shape index (κ3) is 3.59. The van der Waals surface area contributed by atoms with Gasteiger partial charge in [0.25, 0.3) is 0 Å². The zero-order chi connectivity index (χ0) is 16.4. The van der Waals surface area contributed by atoms with E-state index >= 15 is 0 Å². The number of halogens is 4. The highest BCUT2D eigenvalue weighted by Gasteiger charge is 2.30. The van der Waals surface area contributed by atoms with Crippen LogP contribution < -0.4 is 10.1 Å². The van der Waals surface area contributed by atoms with Crippen LogP contribution in [0, 0.1) is 23.4 Å². The van der Waals surface area contributed by atoms with Crippen LogP contribution in [0.4, 0.5) is 13.2 Å². The molecule has 1 aromatic carbocycles. The van der Waals surface area contributed by atoms with E-state index in [4.69, 9.17) is 16.3 Å². The van der Waals surface area contributed by atoms with Gasteiger partial charge in [-0.25, -0.2) is 13.2 Å². The zero-order valence-corrected chi connectivity index (χ0v) is 12.8. The highest BCUT2D eigenvalue weighted by atomic mass is 35.5. The van der Waals surface area contributed by atoms with Crippen LogP contribution in [0.15, 0.2) is 30.6 Å². The van der Waals surface area contributed by atoms with E-state index in [1.165, 1.54) is 12.3 Å². The minimum absolute atomic E-state index is 0.0481. The summed E-state index contributed by atoms with van der Waals surface area (Å²) in [6.07, 6.45) is 2.55. The standard InChI is InChI=1S/C16H14ClF3N2O/c17-11-4-13(19)16(14(20)5-11)23-15(9-1-2-21-6-9)10-3-12(18)8-22-7-10/h3-5,7-9,15,21H,1-2,6H2/t9?,15-/m0/s1. The molecule has 3 nitrogen and oxygen atoms in total. The lowest BCUT2D eigenvalue weighted by Crippen LogP contribution is -2.22. The summed E-state index contributed by atoms with van der Waals surface area (Å²) in [7, 11) is 0. The van der Waals surface area contributed by atoms with Gasteiger partial charge in [-0.1, -0.05) is 11.6 Å². The molecular weight excluding hydrogens is 329 g/mol. The maximum atomic E-state index is 14.0. The fourth-order valence-corrected chi connectivity index (χ4v) is 2.92. The Hall–Kier alpha value is -1.79. The van der Waals surface area contributed by atoms with E-state index in [1.807, 2.05) is 0 Å². The summed E-state index contributed by atoms with van der Waals surface area (Å²) in [4.78, 5) is 3.79. The van der Waals surface area contributed by atoms with E-state index in [0.717, 1.165) is 31.3 Å². The monoisotopic (exact) mass is 342 g/mol. The Morgan fingerprint density at radius 3 is 2.52 bits per heavy atom. The van der Waals surface area contributed by atoms with Gasteiger partial charge in [-0.3, -0.25) is 4.98 Å². The van der Waals surface area contributed by atoms with Crippen LogP contribution in [0.2, 0.25) is 5.02 Å². The number of pyridine rings is 1. The van der Waals surface area contributed by atoms with Gasteiger partial charge in [-0.15, -0.1) is 0 Å². The molecule has 1 N–H and O–H groups in total. The molecule has 23 heavy (non-hydrogen) atoms. The molecule has 0 aliphatic carbocycles. The predicted molar refractivity (Wildman–Crippen MR) is 79.9 cm³/mol. The van der Waals surface area contributed by atoms with Gasteiger partial charge in [0.05, 0.1) is 6.20 Å². The van der Waals surface area contributed by atoms with Gasteiger partial charge in [-0.05, 0) is 31.2 Å². The molecule has 3 rings (SSSR count). The Bertz CT molecular complexity index is 684. The van der Waals surface area contributed by atoms with Crippen molar-refractivity contribution >= 4 is 11.6 Å². The zero-order valence-electron chi connectivity index (χ0n) is 12.0. The third-order valence-electron chi connectivity index (χ3n) is 3.79. The Kier molecular flexibility index (Phi) is 4.73. The number of hydrogen-bond donors (Lipinski definition) is 1. The van der Waals surface area contributed by atoms with Crippen LogP contribution in [-0.4, -0.2) is 18.1 Å². The number of aromatic nitrogens is 1. The van der Waals surface area contributed by atoms with Gasteiger partial charge in [0.1, 0.15) is 11.9 Å². The SMILES string of the molecule is Fc1cncc([C@@H](Oc2c(F)cc(Cl)cc2F)C2CCNC2)c1. The predicted octanol–water partition coefficient (Wildman–Crippen LogP) is 3.88. The molecule has 0 bridgehead atoms. The van der Waals surface area contributed by atoms with Gasteiger partial charge in [0, 0.05) is 29.2 Å². The Morgan fingerprint density at radius 2 is 1.91 bits per heavy atom. The lowest BCUT2D eigenvalue weighted by atomic mass is 9.95. The van der Waals surface area contributed by atoms with Crippen molar-refractivity contribution in [2.24, 2.45) is 5.92 Å². The first-order valence-electron chi connectivity index (χ1n) is 7.17. The molecule has 1 aliphatic rings. The van der Waals surface area contributed by atoms with Gasteiger partial charge >= 0.3 is 0 Å². The molecule has 0 radical (unpaired) electrons. The van der Waals surface area contributed by atoms with Crippen molar-refractivity contribution in [3.05, 3.63) is 58.6 Å². The average molecular weight is 343 g/mol. The highest BCUT2D eigenvalue weighted by Crippen LogP contribution is 2.35. The number of nitrogens with zero attached hydrogens (tertiary/aromatic N) is 1. The summed E-state index contributed by atoms with van der Waals surface area (Å²) in [5.41, 5.74) is 0.437. The first-order chi connectivity index (χ1) is 11.0. The molecule has 0 amide bonds. The Balaban J connectivity index is 1.96. The quantitative estimate of drug-likeness (QED) is 0.915. The molecular formula is C16H14ClF3N2O. The van der Waals surface area contributed by atoms with Crippen molar-refractivity contribution in [3.8, 4) is 5.75 Å². The van der Waals surface area contributed by atoms with E-state index in [0.29, 0.717) is 12.1 Å². The summed E-state index contributed by atoms with van der Waals surface area (Å²) < 4.78 is 47.1. The largest absolute Gasteiger partial charge is 0.479 e. The second-order valence-corrected chi connectivity index (χ2v) is 5.86. The van der Waals surface area contributed by atoms with Crippen LogP contribution in [-0.2, 0) is 0 Å². The molecule has 2 heterocycles. The summed E-state index contributed by atoms with van der Waals surface area (Å²) in [5, 5.41) is 3.10. The van der Waals surface area contributed by atoms with Crippen LogP contribution in [0.1, 0.15) is 18.1 Å². The van der Waals surface area contributed by atoms with Crippen molar-refractivity contribution < 1.29 is 17.9 Å². The third-order valence-corrected chi connectivity index (χ3v) is 4.01. The number of ether oxygens (including phenoxy) is 1. The first-order valence-corrected chi connectivity index (χ1v) is 7.55. The first kappa shape index (κ1) is 16.1. The van der Waals surface area contributed by atoms with Crippen molar-refractivity contribution in [2.45, 2.75) is 12.5 Å². The molecule has 0 saturated carbocycles. The van der Waals surface area contributed by atoms with Crippen molar-refractivity contribution in [3.63, 3.8) is 0 Å². The average Bonchev–Trinajstić information content (AvgIpc) is 3.00. The van der Waals surface area contributed by atoms with Crippen LogP contribution in [0.3, 0.4) is 0 Å². The number of benzene rings is 1. The van der Waals surface area contributed by atoms with Crippen molar-refractivity contribution in [1.29, 1.82) is 0 Å². The minimum atomic E-state index is -0.893. The maximum absolute atomic E-state index is 14.0. The van der Waals surface area contributed by atoms with Gasteiger partial charge in [0.2, 0.25) is 0 Å². The molecule has 2 atom stereocenters. The fourth-order valence-electron chi connectivity index (χ4n) is 2.72. The summed E-state index contributed by atoms with van der Waals surface area (Å²) >= 11 is 5.62. The molecule has 0 spiro atoms. The van der Waals surface area contributed by atoms with E-state index in [9.17, 15) is 13.2 Å². The lowest BCUT2D eigenvalue weighted by Gasteiger charge is -2.25. The smallest absolute Gasteiger partial charge is 0.191 e. The number of nitrogens with one attached hydrogen (secondary N) is 1. The molecule has 122 valence electrons. The molecule has 1 fully saturated rings. The van der Waals surface area contributed by atoms with Crippen LogP contribution >= 0.6 is 11.6 Å². The molecule has 1 unspecified atom stereocenters. The van der Waals surface area contributed by atoms with Crippen LogP contribution in [0.25, 0.3) is 0 Å². The van der Waals surface area contributed by atoms with E-state index in [1.54, 1.807) is 0 Å². The fraction of sp³-hybridized carbons (Fsp3) is 0.312. The highest BCUT2D eigenvalue weighted by molar-refractivity contribution is 6.30. The van der Waals surface area contributed by atoms with Gasteiger partial charge in [0.15, 0.2) is 17.4 Å². The Morgan fingerprint density at radius 1 is 1.17 bits per heavy atom. The van der Waals surface area contributed by atoms with E-state index in [2.05, 4.69) is 10.3 Å². The minimum Gasteiger partial charge on any atom is -0.479 e. The Labute approximate surface area is 136 Å². The topological polar surface area (TPSA) is 34.1 Å². The second kappa shape index (κ2) is 6.76. The van der Waals surface area contributed by atoms with Crippen molar-refractivity contribution in [1.82, 2.24) is 10.3 Å². The lowest BCUT2D eigenvalue weighted by molar-refractivity contribution is 0.131. The van der Waals surface area contributed by atoms with E-state index < -0.39 is 29.3 Å². The number of hydrogen-bond acceptors (Lipinski definition) is 3. The van der Waals surface area contributed by atoms with Crippen molar-refractivity contribution in [2.75, 3.05) is 13.1 Å². The molecule has 1 aliphatic heterocycles. The van der Waals surface area contributed by atoms with Gasteiger partial charge in [-0.2, -0.15) is 0 Å². The molecule has 1 saturated heterocycles. The summed E-state index contributed by atoms with van der Waals surface area (Å²) in [5.74, 6) is -2.88.